The Hall–Kier alpha value is -1.21. The Morgan fingerprint density at radius 2 is 2.04 bits per heavy atom. The number of sulfonamides is 1. The molecule has 0 spiro atoms. The fourth-order valence-corrected chi connectivity index (χ4v) is 5.01. The van der Waals surface area contributed by atoms with Crippen molar-refractivity contribution in [2.45, 2.75) is 31.2 Å². The molecule has 0 saturated carbocycles. The van der Waals surface area contributed by atoms with Crippen LogP contribution in [-0.4, -0.2) is 43.4 Å². The number of fused-ring (bicyclic) bond motifs is 1. The summed E-state index contributed by atoms with van der Waals surface area (Å²) in [5.74, 6) is 0. The Morgan fingerprint density at radius 1 is 1.26 bits per heavy atom. The highest BCUT2D eigenvalue weighted by atomic mass is 35.5. The summed E-state index contributed by atoms with van der Waals surface area (Å²) in [7, 11) is -3.52. The molecule has 1 aliphatic heterocycles. The van der Waals surface area contributed by atoms with Gasteiger partial charge in [0.25, 0.3) is 0 Å². The average molecular weight is 356 g/mol. The topological polar surface area (TPSA) is 62.3 Å². The minimum absolute atomic E-state index is 0. The minimum Gasteiger partial charge on any atom is -0.315 e. The van der Waals surface area contributed by atoms with Gasteiger partial charge in [-0.05, 0) is 38.4 Å². The fraction of sp³-hybridized carbons (Fsp3) is 0.438. The molecule has 0 radical (unpaired) electrons. The highest BCUT2D eigenvalue weighted by Gasteiger charge is 2.31. The molecule has 0 amide bonds. The SMILES string of the molecule is Cc1cncc2cccc(S(=O)(=O)N3CCNCC[C@H]3C)c12.Cl. The standard InChI is InChI=1S/C16H21N3O2S.ClH/c1-12-10-18-11-14-4-3-5-15(16(12)14)22(20,21)19-9-8-17-7-6-13(19)2;/h3-5,10-11,13,17H,6-9H2,1-2H3;1H/t13-;/m1./s1. The van der Waals surface area contributed by atoms with Crippen molar-refractivity contribution < 1.29 is 8.42 Å². The van der Waals surface area contributed by atoms with Gasteiger partial charge in [-0.1, -0.05) is 12.1 Å². The van der Waals surface area contributed by atoms with Crippen LogP contribution >= 0.6 is 12.4 Å². The van der Waals surface area contributed by atoms with E-state index in [1.807, 2.05) is 19.9 Å². The lowest BCUT2D eigenvalue weighted by molar-refractivity contribution is 0.350. The number of nitrogens with one attached hydrogen (secondary N) is 1. The van der Waals surface area contributed by atoms with E-state index in [1.54, 1.807) is 28.8 Å². The number of aryl methyl sites for hydroxylation is 1. The molecule has 1 aromatic carbocycles. The molecule has 0 bridgehead atoms. The molecule has 1 N–H and O–H groups in total. The van der Waals surface area contributed by atoms with E-state index in [1.165, 1.54) is 0 Å². The Labute approximate surface area is 143 Å². The zero-order chi connectivity index (χ0) is 15.7. The van der Waals surface area contributed by atoms with Gasteiger partial charge in [0, 0.05) is 42.3 Å². The van der Waals surface area contributed by atoms with E-state index in [0.717, 1.165) is 29.3 Å². The van der Waals surface area contributed by atoms with Gasteiger partial charge in [-0.3, -0.25) is 4.98 Å². The molecule has 5 nitrogen and oxygen atoms in total. The molecule has 2 aromatic rings. The lowest BCUT2D eigenvalue weighted by Gasteiger charge is -2.26. The molecular formula is C16H22ClN3O2S. The van der Waals surface area contributed by atoms with Crippen LogP contribution in [-0.2, 0) is 10.0 Å². The summed E-state index contributed by atoms with van der Waals surface area (Å²) in [5, 5.41) is 4.91. The maximum atomic E-state index is 13.2. The van der Waals surface area contributed by atoms with Gasteiger partial charge >= 0.3 is 0 Å². The molecule has 3 rings (SSSR count). The highest BCUT2D eigenvalue weighted by Crippen LogP contribution is 2.29. The fourth-order valence-electron chi connectivity index (χ4n) is 3.06. The first-order valence-electron chi connectivity index (χ1n) is 7.57. The van der Waals surface area contributed by atoms with Crippen molar-refractivity contribution in [1.29, 1.82) is 0 Å². The number of pyridine rings is 1. The normalized spacial score (nSPS) is 20.0. The quantitative estimate of drug-likeness (QED) is 0.898. The van der Waals surface area contributed by atoms with Crippen molar-refractivity contribution in [2.75, 3.05) is 19.6 Å². The van der Waals surface area contributed by atoms with Gasteiger partial charge in [0.1, 0.15) is 0 Å². The predicted molar refractivity (Wildman–Crippen MR) is 94.6 cm³/mol. The average Bonchev–Trinajstić information content (AvgIpc) is 2.72. The van der Waals surface area contributed by atoms with E-state index < -0.39 is 10.0 Å². The molecule has 1 atom stereocenters. The largest absolute Gasteiger partial charge is 0.315 e. The van der Waals surface area contributed by atoms with Crippen molar-refractivity contribution in [1.82, 2.24) is 14.6 Å². The number of aromatic nitrogens is 1. The number of nitrogens with zero attached hydrogens (tertiary/aromatic N) is 2. The molecule has 1 saturated heterocycles. The number of hydrogen-bond acceptors (Lipinski definition) is 4. The van der Waals surface area contributed by atoms with Crippen molar-refractivity contribution >= 4 is 33.2 Å². The Balaban J connectivity index is 0.00000192. The maximum absolute atomic E-state index is 13.2. The number of benzene rings is 1. The van der Waals surface area contributed by atoms with E-state index in [0.29, 0.717) is 18.0 Å². The van der Waals surface area contributed by atoms with Gasteiger partial charge in [0.05, 0.1) is 4.90 Å². The van der Waals surface area contributed by atoms with Gasteiger partial charge in [-0.15, -0.1) is 12.4 Å². The van der Waals surface area contributed by atoms with Gasteiger partial charge in [0.15, 0.2) is 0 Å². The molecule has 2 heterocycles. The van der Waals surface area contributed by atoms with E-state index in [9.17, 15) is 8.42 Å². The van der Waals surface area contributed by atoms with Crippen molar-refractivity contribution in [3.05, 3.63) is 36.2 Å². The van der Waals surface area contributed by atoms with Crippen LogP contribution in [0.4, 0.5) is 0 Å². The van der Waals surface area contributed by atoms with Crippen molar-refractivity contribution in [2.24, 2.45) is 0 Å². The summed E-state index contributed by atoms with van der Waals surface area (Å²) in [6.45, 7) is 5.93. The molecule has 126 valence electrons. The van der Waals surface area contributed by atoms with Crippen LogP contribution in [0.5, 0.6) is 0 Å². The third kappa shape index (κ3) is 3.35. The third-order valence-corrected chi connectivity index (χ3v) is 6.32. The molecule has 0 unspecified atom stereocenters. The molecule has 7 heteroatoms. The van der Waals surface area contributed by atoms with Gasteiger partial charge < -0.3 is 5.32 Å². The predicted octanol–water partition coefficient (Wildman–Crippen LogP) is 2.34. The monoisotopic (exact) mass is 355 g/mol. The Bertz CT molecular complexity index is 790. The lowest BCUT2D eigenvalue weighted by atomic mass is 10.1. The van der Waals surface area contributed by atoms with Crippen LogP contribution in [0.2, 0.25) is 0 Å². The molecule has 23 heavy (non-hydrogen) atoms. The summed E-state index contributed by atoms with van der Waals surface area (Å²) in [6.07, 6.45) is 4.26. The lowest BCUT2D eigenvalue weighted by Crippen LogP contribution is -2.39. The smallest absolute Gasteiger partial charge is 0.243 e. The van der Waals surface area contributed by atoms with E-state index in [-0.39, 0.29) is 18.4 Å². The number of halogens is 1. The van der Waals surface area contributed by atoms with Crippen molar-refractivity contribution in [3.8, 4) is 0 Å². The summed E-state index contributed by atoms with van der Waals surface area (Å²) in [4.78, 5) is 4.55. The molecular weight excluding hydrogens is 334 g/mol. The summed E-state index contributed by atoms with van der Waals surface area (Å²) in [5.41, 5.74) is 0.886. The van der Waals surface area contributed by atoms with Crippen LogP contribution in [0.25, 0.3) is 10.8 Å². The van der Waals surface area contributed by atoms with E-state index in [4.69, 9.17) is 0 Å². The summed E-state index contributed by atoms with van der Waals surface area (Å²) in [6, 6.07) is 5.39. The van der Waals surface area contributed by atoms with Gasteiger partial charge in [0.2, 0.25) is 10.0 Å². The second-order valence-electron chi connectivity index (χ2n) is 5.81. The van der Waals surface area contributed by atoms with Crippen LogP contribution in [0, 0.1) is 6.92 Å². The first-order chi connectivity index (χ1) is 10.5. The van der Waals surface area contributed by atoms with E-state index in [2.05, 4.69) is 10.3 Å². The summed E-state index contributed by atoms with van der Waals surface area (Å²) >= 11 is 0. The number of rotatable bonds is 2. The third-order valence-electron chi connectivity index (χ3n) is 4.26. The van der Waals surface area contributed by atoms with Gasteiger partial charge in [-0.25, -0.2) is 8.42 Å². The molecule has 1 aromatic heterocycles. The second-order valence-corrected chi connectivity index (χ2v) is 7.67. The molecule has 1 fully saturated rings. The summed E-state index contributed by atoms with van der Waals surface area (Å²) < 4.78 is 28.0. The van der Waals surface area contributed by atoms with Crippen LogP contribution < -0.4 is 5.32 Å². The van der Waals surface area contributed by atoms with Crippen LogP contribution in [0.3, 0.4) is 0 Å². The number of hydrogen-bond donors (Lipinski definition) is 1. The zero-order valence-electron chi connectivity index (χ0n) is 13.3. The van der Waals surface area contributed by atoms with Crippen LogP contribution in [0.15, 0.2) is 35.5 Å². The second kappa shape index (κ2) is 7.13. The highest BCUT2D eigenvalue weighted by molar-refractivity contribution is 7.89. The van der Waals surface area contributed by atoms with Gasteiger partial charge in [-0.2, -0.15) is 4.31 Å². The first-order valence-corrected chi connectivity index (χ1v) is 9.01. The zero-order valence-corrected chi connectivity index (χ0v) is 15.0. The Kier molecular flexibility index (Phi) is 5.62. The molecule has 0 aliphatic carbocycles. The van der Waals surface area contributed by atoms with Crippen LogP contribution in [0.1, 0.15) is 18.9 Å². The maximum Gasteiger partial charge on any atom is 0.243 e. The Morgan fingerprint density at radius 3 is 2.83 bits per heavy atom. The first kappa shape index (κ1) is 18.1. The minimum atomic E-state index is -3.52. The van der Waals surface area contributed by atoms with E-state index >= 15 is 0 Å². The molecule has 1 aliphatic rings. The van der Waals surface area contributed by atoms with Crippen molar-refractivity contribution in [3.63, 3.8) is 0 Å².